The Morgan fingerprint density at radius 3 is 2.64 bits per heavy atom. The molecule has 3 aromatic carbocycles. The van der Waals surface area contributed by atoms with Crippen molar-refractivity contribution in [2.75, 3.05) is 13.7 Å². The van der Waals surface area contributed by atoms with Gasteiger partial charge in [0, 0.05) is 38.9 Å². The molecule has 1 aliphatic heterocycles. The maximum Gasteiger partial charge on any atom is 0.137 e. The van der Waals surface area contributed by atoms with Crippen molar-refractivity contribution < 1.29 is 4.74 Å². The van der Waals surface area contributed by atoms with Crippen LogP contribution in [0.5, 0.6) is 5.75 Å². The van der Waals surface area contributed by atoms with Gasteiger partial charge in [0.2, 0.25) is 0 Å². The Morgan fingerprint density at radius 2 is 1.88 bits per heavy atom. The predicted molar refractivity (Wildman–Crippen MR) is 144 cm³/mol. The third-order valence-electron chi connectivity index (χ3n) is 6.01. The maximum atomic E-state index is 6.32. The minimum atomic E-state index is -0.00908. The quantitative estimate of drug-likeness (QED) is 0.284. The predicted octanol–water partition coefficient (Wildman–Crippen LogP) is 7.65. The monoisotopic (exact) mass is 512 g/mol. The number of aromatic amines is 1. The molecule has 1 atom stereocenters. The fourth-order valence-corrected chi connectivity index (χ4v) is 6.04. The van der Waals surface area contributed by atoms with E-state index in [4.69, 9.17) is 40.2 Å². The second kappa shape index (κ2) is 9.59. The van der Waals surface area contributed by atoms with Crippen LogP contribution in [-0.4, -0.2) is 27.9 Å². The molecule has 7 heteroatoms. The van der Waals surface area contributed by atoms with Crippen LogP contribution < -0.4 is 4.74 Å². The molecule has 33 heavy (non-hydrogen) atoms. The fourth-order valence-electron chi connectivity index (χ4n) is 4.44. The molecule has 1 aliphatic rings. The van der Waals surface area contributed by atoms with Crippen molar-refractivity contribution in [3.63, 3.8) is 0 Å². The molecule has 3 nitrogen and oxygen atoms in total. The van der Waals surface area contributed by atoms with E-state index in [2.05, 4.69) is 40.2 Å². The summed E-state index contributed by atoms with van der Waals surface area (Å²) in [5.41, 5.74) is 5.91. The molecule has 0 fully saturated rings. The summed E-state index contributed by atoms with van der Waals surface area (Å²) in [5, 5.41) is 2.68. The lowest BCUT2D eigenvalue weighted by Gasteiger charge is -2.37. The van der Waals surface area contributed by atoms with Gasteiger partial charge >= 0.3 is 0 Å². The van der Waals surface area contributed by atoms with Gasteiger partial charge in [-0.3, -0.25) is 0 Å². The Morgan fingerprint density at radius 1 is 1.09 bits per heavy atom. The van der Waals surface area contributed by atoms with Crippen LogP contribution in [0.25, 0.3) is 10.9 Å². The van der Waals surface area contributed by atoms with Gasteiger partial charge in [-0.15, -0.1) is 0 Å². The zero-order chi connectivity index (χ0) is 22.9. The van der Waals surface area contributed by atoms with Crippen molar-refractivity contribution in [2.24, 2.45) is 0 Å². The van der Waals surface area contributed by atoms with Gasteiger partial charge in [-0.25, -0.2) is 0 Å². The first kappa shape index (κ1) is 22.6. The Bertz CT molecular complexity index is 1320. The third kappa shape index (κ3) is 4.60. The van der Waals surface area contributed by atoms with Gasteiger partial charge in [0.1, 0.15) is 10.1 Å². The van der Waals surface area contributed by atoms with Crippen molar-refractivity contribution in [1.82, 2.24) is 9.88 Å². The van der Waals surface area contributed by atoms with Crippen LogP contribution in [0, 0.1) is 0 Å². The van der Waals surface area contributed by atoms with E-state index < -0.39 is 0 Å². The minimum Gasteiger partial charge on any atom is -0.497 e. The number of methoxy groups -OCH3 is 1. The van der Waals surface area contributed by atoms with Crippen molar-refractivity contribution in [3.8, 4) is 5.75 Å². The van der Waals surface area contributed by atoms with Gasteiger partial charge in [-0.2, -0.15) is 0 Å². The summed E-state index contributed by atoms with van der Waals surface area (Å²) in [6, 6.07) is 22.2. The number of nitrogens with one attached hydrogen (secondary N) is 1. The molecular formula is C26H22Cl2N2OS2. The van der Waals surface area contributed by atoms with E-state index in [1.165, 1.54) is 22.2 Å². The smallest absolute Gasteiger partial charge is 0.137 e. The lowest BCUT2D eigenvalue weighted by atomic mass is 9.93. The number of aromatic nitrogens is 1. The van der Waals surface area contributed by atoms with E-state index in [0.717, 1.165) is 49.9 Å². The van der Waals surface area contributed by atoms with E-state index in [1.807, 2.05) is 36.4 Å². The number of nitrogens with zero attached hydrogens (tertiary/aromatic N) is 1. The van der Waals surface area contributed by atoms with Gasteiger partial charge in [0.05, 0.1) is 13.2 Å². The first-order chi connectivity index (χ1) is 16.0. The summed E-state index contributed by atoms with van der Waals surface area (Å²) >= 11 is 20.1. The Labute approximate surface area is 213 Å². The highest BCUT2D eigenvalue weighted by Crippen LogP contribution is 2.41. The van der Waals surface area contributed by atoms with Crippen LogP contribution in [0.15, 0.2) is 66.7 Å². The lowest BCUT2D eigenvalue weighted by molar-refractivity contribution is 0.345. The van der Waals surface area contributed by atoms with Gasteiger partial charge < -0.3 is 14.6 Å². The van der Waals surface area contributed by atoms with Gasteiger partial charge in [0.25, 0.3) is 0 Å². The first-order valence-corrected chi connectivity index (χ1v) is 12.8. The molecule has 0 amide bonds. The number of thiocarbonyl (C=S) groups is 1. The molecule has 5 rings (SSSR count). The van der Waals surface area contributed by atoms with E-state index in [1.54, 1.807) is 18.9 Å². The Balaban J connectivity index is 1.51. The number of hydrogen-bond acceptors (Lipinski definition) is 3. The largest absolute Gasteiger partial charge is 0.497 e. The molecule has 0 bridgehead atoms. The summed E-state index contributed by atoms with van der Waals surface area (Å²) in [6.07, 6.45) is 0.903. The molecule has 0 radical (unpaired) electrons. The van der Waals surface area contributed by atoms with E-state index >= 15 is 0 Å². The van der Waals surface area contributed by atoms with Crippen LogP contribution in [-0.2, 0) is 12.2 Å². The van der Waals surface area contributed by atoms with Crippen molar-refractivity contribution in [2.45, 2.75) is 18.2 Å². The van der Waals surface area contributed by atoms with Crippen LogP contribution in [0.2, 0.25) is 10.0 Å². The van der Waals surface area contributed by atoms with E-state index in [9.17, 15) is 0 Å². The number of H-pyrrole nitrogens is 1. The van der Waals surface area contributed by atoms with Gasteiger partial charge in [-0.1, -0.05) is 71.4 Å². The molecule has 1 aromatic heterocycles. The van der Waals surface area contributed by atoms with Crippen molar-refractivity contribution in [3.05, 3.63) is 99.2 Å². The number of hydrogen-bond donors (Lipinski definition) is 1. The number of rotatable bonds is 4. The van der Waals surface area contributed by atoms with Crippen LogP contribution in [0.4, 0.5) is 0 Å². The molecule has 168 valence electrons. The average molecular weight is 514 g/mol. The zero-order valence-electron chi connectivity index (χ0n) is 18.0. The summed E-state index contributed by atoms with van der Waals surface area (Å²) in [4.78, 5) is 5.99. The minimum absolute atomic E-state index is 0.00908. The highest BCUT2D eigenvalue weighted by Gasteiger charge is 2.33. The van der Waals surface area contributed by atoms with E-state index in [-0.39, 0.29) is 6.04 Å². The number of benzene rings is 3. The van der Waals surface area contributed by atoms with Gasteiger partial charge in [0.15, 0.2) is 0 Å². The van der Waals surface area contributed by atoms with Crippen LogP contribution in [0.1, 0.15) is 28.4 Å². The second-order valence-corrected chi connectivity index (χ2v) is 10.5. The Kier molecular flexibility index (Phi) is 6.57. The van der Waals surface area contributed by atoms with Crippen molar-refractivity contribution in [1.29, 1.82) is 0 Å². The molecule has 0 saturated heterocycles. The fraction of sp³-hybridized carbons (Fsp3) is 0.192. The van der Waals surface area contributed by atoms with Crippen LogP contribution >= 0.6 is 47.2 Å². The lowest BCUT2D eigenvalue weighted by Crippen LogP contribution is -2.38. The molecule has 4 aromatic rings. The summed E-state index contributed by atoms with van der Waals surface area (Å²) in [5.74, 6) is 1.61. The molecule has 1 unspecified atom stereocenters. The highest BCUT2D eigenvalue weighted by atomic mass is 35.5. The van der Waals surface area contributed by atoms with Gasteiger partial charge in [-0.05, 0) is 65.6 Å². The average Bonchev–Trinajstić information content (AvgIpc) is 3.20. The maximum absolute atomic E-state index is 6.32. The summed E-state index contributed by atoms with van der Waals surface area (Å²) < 4.78 is 6.26. The molecule has 1 N–H and O–H groups in total. The normalized spacial score (nSPS) is 15.5. The SMILES string of the molecule is COc1ccc(C2c3[nH]c4ccc(Cl)cc4c3CCN2C(=S)SCc2cccc(Cl)c2)cc1. The molecule has 0 spiro atoms. The standard InChI is InChI=1S/C26H22Cl2N2OS2/c1-31-20-8-5-17(6-9-20)25-24-21(22-14-19(28)7-10-23(22)29-24)11-12-30(25)26(32)33-15-16-3-2-4-18(27)13-16/h2-10,13-14,25,29H,11-12,15H2,1H3. The number of halogens is 2. The molecular weight excluding hydrogens is 491 g/mol. The number of ether oxygens (including phenoxy) is 1. The van der Waals surface area contributed by atoms with Crippen molar-refractivity contribution >= 4 is 62.4 Å². The molecule has 0 saturated carbocycles. The number of thioether (sulfide) groups is 1. The Hall–Kier alpha value is -2.18. The second-order valence-electron chi connectivity index (χ2n) is 8.01. The third-order valence-corrected chi connectivity index (χ3v) is 8.02. The highest BCUT2D eigenvalue weighted by molar-refractivity contribution is 8.22. The van der Waals surface area contributed by atoms with E-state index in [0.29, 0.717) is 0 Å². The first-order valence-electron chi connectivity index (χ1n) is 10.7. The topological polar surface area (TPSA) is 28.3 Å². The van der Waals surface area contributed by atoms with Crippen LogP contribution in [0.3, 0.4) is 0 Å². The number of fused-ring (bicyclic) bond motifs is 3. The zero-order valence-corrected chi connectivity index (χ0v) is 21.1. The molecule has 0 aliphatic carbocycles. The summed E-state index contributed by atoms with van der Waals surface area (Å²) in [7, 11) is 1.68. The molecule has 2 heterocycles. The summed E-state index contributed by atoms with van der Waals surface area (Å²) in [6.45, 7) is 0.838.